The van der Waals surface area contributed by atoms with E-state index in [9.17, 15) is 4.39 Å². The van der Waals surface area contributed by atoms with Crippen molar-refractivity contribution in [2.24, 2.45) is 0 Å². The molecule has 5 nitrogen and oxygen atoms in total. The number of aromatic nitrogens is 2. The van der Waals surface area contributed by atoms with Gasteiger partial charge in [0.15, 0.2) is 0 Å². The first kappa shape index (κ1) is 15.4. The van der Waals surface area contributed by atoms with Gasteiger partial charge in [-0.1, -0.05) is 6.07 Å². The fourth-order valence-electron chi connectivity index (χ4n) is 1.88. The van der Waals surface area contributed by atoms with Gasteiger partial charge in [0.1, 0.15) is 17.1 Å². The van der Waals surface area contributed by atoms with Crippen molar-refractivity contribution in [3.63, 3.8) is 0 Å². The van der Waals surface area contributed by atoms with Crippen LogP contribution in [0.15, 0.2) is 22.6 Å². The molecule has 1 N–H and O–H groups in total. The van der Waals surface area contributed by atoms with E-state index in [0.29, 0.717) is 24.6 Å². The van der Waals surface area contributed by atoms with Gasteiger partial charge in [-0.05, 0) is 32.9 Å². The number of halogens is 1. The molecule has 1 aromatic heterocycles. The number of benzene rings is 1. The molecule has 0 aliphatic rings. The van der Waals surface area contributed by atoms with Crippen LogP contribution in [-0.4, -0.2) is 29.4 Å². The smallest absolute Gasteiger partial charge is 0.254 e. The highest BCUT2D eigenvalue weighted by atomic mass is 19.1. The number of hydrogen-bond donors (Lipinski definition) is 1. The topological polar surface area (TPSA) is 60.2 Å². The number of methoxy groups -OCH3 is 1. The highest BCUT2D eigenvalue weighted by molar-refractivity contribution is 5.63. The van der Waals surface area contributed by atoms with Gasteiger partial charge < -0.3 is 14.5 Å². The van der Waals surface area contributed by atoms with Gasteiger partial charge in [0.2, 0.25) is 5.89 Å². The van der Waals surface area contributed by atoms with E-state index in [1.807, 2.05) is 0 Å². The van der Waals surface area contributed by atoms with Crippen LogP contribution in [0.1, 0.15) is 26.7 Å². The minimum atomic E-state index is -0.447. The lowest BCUT2D eigenvalue weighted by Gasteiger charge is -2.19. The van der Waals surface area contributed by atoms with Crippen LogP contribution < -0.4 is 10.1 Å². The summed E-state index contributed by atoms with van der Waals surface area (Å²) < 4.78 is 24.6. The van der Waals surface area contributed by atoms with Gasteiger partial charge in [0.25, 0.3) is 5.89 Å². The summed E-state index contributed by atoms with van der Waals surface area (Å²) in [4.78, 5) is 0. The van der Waals surface area contributed by atoms with Crippen molar-refractivity contribution < 1.29 is 13.5 Å². The molecule has 1 aromatic carbocycles. The molecule has 2 aromatic rings. The predicted molar refractivity (Wildman–Crippen MR) is 77.7 cm³/mol. The second-order valence-electron chi connectivity index (χ2n) is 5.74. The fraction of sp³-hybridized carbons (Fsp3) is 0.467. The lowest BCUT2D eigenvalue weighted by Crippen LogP contribution is -2.37. The molecule has 6 heteroatoms. The van der Waals surface area contributed by atoms with Crippen LogP contribution in [0.3, 0.4) is 0 Å². The molecule has 0 radical (unpaired) electrons. The zero-order valence-electron chi connectivity index (χ0n) is 12.7. The van der Waals surface area contributed by atoms with Crippen molar-refractivity contribution in [3.05, 3.63) is 29.9 Å². The van der Waals surface area contributed by atoms with E-state index in [4.69, 9.17) is 9.15 Å². The summed E-state index contributed by atoms with van der Waals surface area (Å²) >= 11 is 0. The van der Waals surface area contributed by atoms with Crippen LogP contribution in [-0.2, 0) is 6.42 Å². The maximum atomic E-state index is 13.9. The molecule has 0 unspecified atom stereocenters. The van der Waals surface area contributed by atoms with E-state index in [0.717, 1.165) is 0 Å². The summed E-state index contributed by atoms with van der Waals surface area (Å²) in [6.45, 7) is 6.95. The first-order valence-corrected chi connectivity index (χ1v) is 6.81. The molecule has 0 bridgehead atoms. The Bertz CT molecular complexity index is 605. The van der Waals surface area contributed by atoms with Gasteiger partial charge in [0.05, 0.1) is 7.11 Å². The van der Waals surface area contributed by atoms with Gasteiger partial charge in [-0.25, -0.2) is 4.39 Å². The zero-order chi connectivity index (χ0) is 15.5. The highest BCUT2D eigenvalue weighted by Gasteiger charge is 2.18. The van der Waals surface area contributed by atoms with E-state index in [1.54, 1.807) is 12.1 Å². The normalized spacial score (nSPS) is 11.7. The van der Waals surface area contributed by atoms with E-state index < -0.39 is 5.82 Å². The SMILES string of the molecule is COc1cccc(F)c1-c1nnc(CCNC(C)(C)C)o1. The fourth-order valence-corrected chi connectivity index (χ4v) is 1.88. The van der Waals surface area contributed by atoms with E-state index >= 15 is 0 Å². The lowest BCUT2D eigenvalue weighted by molar-refractivity contribution is 0.404. The van der Waals surface area contributed by atoms with E-state index in [1.165, 1.54) is 13.2 Å². The third kappa shape index (κ3) is 4.01. The summed E-state index contributed by atoms with van der Waals surface area (Å²) in [5.41, 5.74) is 0.222. The summed E-state index contributed by atoms with van der Waals surface area (Å²) in [6, 6.07) is 4.56. The Morgan fingerprint density at radius 1 is 1.29 bits per heavy atom. The number of hydrogen-bond acceptors (Lipinski definition) is 5. The van der Waals surface area contributed by atoms with Crippen LogP contribution in [0.4, 0.5) is 4.39 Å². The molecule has 0 atom stereocenters. The first-order valence-electron chi connectivity index (χ1n) is 6.81. The zero-order valence-corrected chi connectivity index (χ0v) is 12.7. The summed E-state index contributed by atoms with van der Waals surface area (Å²) in [5, 5.41) is 11.2. The summed E-state index contributed by atoms with van der Waals surface area (Å²) in [5.74, 6) is 0.526. The molecule has 0 saturated heterocycles. The third-order valence-corrected chi connectivity index (χ3v) is 2.87. The highest BCUT2D eigenvalue weighted by Crippen LogP contribution is 2.31. The molecule has 0 saturated carbocycles. The van der Waals surface area contributed by atoms with Crippen molar-refractivity contribution in [2.75, 3.05) is 13.7 Å². The standard InChI is InChI=1S/C15H20FN3O2/c1-15(2,3)17-9-8-12-18-19-14(21-12)13-10(16)6-5-7-11(13)20-4/h5-7,17H,8-9H2,1-4H3. The molecule has 2 rings (SSSR count). The molecule has 21 heavy (non-hydrogen) atoms. The number of nitrogens with one attached hydrogen (secondary N) is 1. The number of ether oxygens (including phenoxy) is 1. The number of nitrogens with zero attached hydrogens (tertiary/aromatic N) is 2. The average Bonchev–Trinajstić information content (AvgIpc) is 2.85. The quantitative estimate of drug-likeness (QED) is 0.918. The van der Waals surface area contributed by atoms with Crippen molar-refractivity contribution in [1.82, 2.24) is 15.5 Å². The lowest BCUT2D eigenvalue weighted by atomic mass is 10.1. The van der Waals surface area contributed by atoms with Crippen molar-refractivity contribution >= 4 is 0 Å². The maximum Gasteiger partial charge on any atom is 0.254 e. The second kappa shape index (κ2) is 6.22. The molecular weight excluding hydrogens is 273 g/mol. The minimum Gasteiger partial charge on any atom is -0.496 e. The monoisotopic (exact) mass is 293 g/mol. The Balaban J connectivity index is 2.13. The van der Waals surface area contributed by atoms with Crippen molar-refractivity contribution in [3.8, 4) is 17.2 Å². The van der Waals surface area contributed by atoms with Gasteiger partial charge in [0, 0.05) is 18.5 Å². The van der Waals surface area contributed by atoms with Crippen LogP contribution >= 0.6 is 0 Å². The summed E-state index contributed by atoms with van der Waals surface area (Å²) in [7, 11) is 1.48. The molecular formula is C15H20FN3O2. The molecule has 114 valence electrons. The average molecular weight is 293 g/mol. The first-order chi connectivity index (χ1) is 9.90. The molecule has 0 aliphatic carbocycles. The Kier molecular flexibility index (Phi) is 4.57. The van der Waals surface area contributed by atoms with Gasteiger partial charge in [-0.2, -0.15) is 0 Å². The third-order valence-electron chi connectivity index (χ3n) is 2.87. The molecule has 0 amide bonds. The predicted octanol–water partition coefficient (Wildman–Crippen LogP) is 2.81. The van der Waals surface area contributed by atoms with Crippen molar-refractivity contribution in [1.29, 1.82) is 0 Å². The Morgan fingerprint density at radius 3 is 2.71 bits per heavy atom. The molecule has 0 aliphatic heterocycles. The van der Waals surface area contributed by atoms with Crippen LogP contribution in [0.2, 0.25) is 0 Å². The second-order valence-corrected chi connectivity index (χ2v) is 5.74. The van der Waals surface area contributed by atoms with Gasteiger partial charge >= 0.3 is 0 Å². The van der Waals surface area contributed by atoms with Crippen LogP contribution in [0.5, 0.6) is 5.75 Å². The van der Waals surface area contributed by atoms with Crippen LogP contribution in [0, 0.1) is 5.82 Å². The van der Waals surface area contributed by atoms with Gasteiger partial charge in [-0.15, -0.1) is 10.2 Å². The maximum absolute atomic E-state index is 13.9. The Morgan fingerprint density at radius 2 is 2.05 bits per heavy atom. The number of rotatable bonds is 5. The van der Waals surface area contributed by atoms with Crippen molar-refractivity contribution in [2.45, 2.75) is 32.7 Å². The Labute approximate surface area is 123 Å². The summed E-state index contributed by atoms with van der Waals surface area (Å²) in [6.07, 6.45) is 0.584. The van der Waals surface area contributed by atoms with Gasteiger partial charge in [-0.3, -0.25) is 0 Å². The van der Waals surface area contributed by atoms with Crippen LogP contribution in [0.25, 0.3) is 11.5 Å². The van der Waals surface area contributed by atoms with E-state index in [2.05, 4.69) is 36.3 Å². The molecule has 0 fully saturated rings. The van der Waals surface area contributed by atoms with E-state index in [-0.39, 0.29) is 17.0 Å². The largest absolute Gasteiger partial charge is 0.496 e. The minimum absolute atomic E-state index is 0.0254. The molecule has 1 heterocycles. The molecule has 0 spiro atoms. The Hall–Kier alpha value is -1.95.